The van der Waals surface area contributed by atoms with Crippen molar-refractivity contribution in [3.63, 3.8) is 0 Å². The molecule has 0 saturated heterocycles. The molecular weight excluding hydrogens is 226 g/mol. The molecule has 1 unspecified atom stereocenters. The summed E-state index contributed by atoms with van der Waals surface area (Å²) in [5, 5.41) is 6.59. The molecule has 0 bridgehead atoms. The lowest BCUT2D eigenvalue weighted by molar-refractivity contribution is -0.116. The fraction of sp³-hybridized carbons (Fsp3) is 0.455. The van der Waals surface area contributed by atoms with Crippen LogP contribution in [0.2, 0.25) is 5.02 Å². The Morgan fingerprint density at radius 1 is 1.62 bits per heavy atom. The van der Waals surface area contributed by atoms with E-state index >= 15 is 0 Å². The van der Waals surface area contributed by atoms with Crippen LogP contribution in [-0.4, -0.2) is 16.9 Å². The summed E-state index contributed by atoms with van der Waals surface area (Å²) in [7, 11) is 0. The number of nitrogens with one attached hydrogen (secondary N) is 2. The van der Waals surface area contributed by atoms with Gasteiger partial charge in [-0.2, -0.15) is 0 Å². The summed E-state index contributed by atoms with van der Waals surface area (Å²) in [4.78, 5) is 15.8. The fourth-order valence-corrected chi connectivity index (χ4v) is 2.00. The summed E-state index contributed by atoms with van der Waals surface area (Å²) in [6.45, 7) is 2.10. The van der Waals surface area contributed by atoms with E-state index < -0.39 is 0 Å². The van der Waals surface area contributed by atoms with Crippen LogP contribution in [0.1, 0.15) is 26.2 Å². The van der Waals surface area contributed by atoms with Crippen molar-refractivity contribution >= 4 is 29.0 Å². The molecule has 86 valence electrons. The number of amides is 1. The second-order valence-corrected chi connectivity index (χ2v) is 4.37. The van der Waals surface area contributed by atoms with Gasteiger partial charge in [-0.15, -0.1) is 0 Å². The van der Waals surface area contributed by atoms with E-state index in [4.69, 9.17) is 11.6 Å². The van der Waals surface area contributed by atoms with Crippen molar-refractivity contribution in [1.82, 2.24) is 4.98 Å². The number of rotatable bonds is 2. The number of halogens is 1. The molecule has 5 heteroatoms. The number of carbonyl (C=O) groups excluding carboxylic acids is 1. The maximum Gasteiger partial charge on any atom is 0.226 e. The van der Waals surface area contributed by atoms with Gasteiger partial charge in [-0.25, -0.2) is 4.98 Å². The number of pyridine rings is 1. The van der Waals surface area contributed by atoms with E-state index in [1.165, 1.54) is 0 Å². The maximum atomic E-state index is 11.6. The quantitative estimate of drug-likeness (QED) is 0.834. The Hall–Kier alpha value is -1.29. The molecule has 0 saturated carbocycles. The molecule has 1 aliphatic heterocycles. The Kier molecular flexibility index (Phi) is 3.29. The minimum absolute atomic E-state index is 0.00812. The number of aromatic nitrogens is 1. The molecule has 1 atom stereocenters. The van der Waals surface area contributed by atoms with Gasteiger partial charge in [0.1, 0.15) is 5.82 Å². The molecule has 1 aromatic heterocycles. The molecule has 2 rings (SSSR count). The molecule has 0 aliphatic carbocycles. The van der Waals surface area contributed by atoms with Crippen molar-refractivity contribution in [2.45, 2.75) is 32.2 Å². The SMILES string of the molecule is CCCC1CC(=O)Nc2cc(Cl)cnc2N1. The average molecular weight is 240 g/mol. The van der Waals surface area contributed by atoms with Gasteiger partial charge in [0.25, 0.3) is 0 Å². The summed E-state index contributed by atoms with van der Waals surface area (Å²) in [6.07, 6.45) is 4.04. The monoisotopic (exact) mass is 239 g/mol. The fourth-order valence-electron chi connectivity index (χ4n) is 1.84. The smallest absolute Gasteiger partial charge is 0.226 e. The van der Waals surface area contributed by atoms with E-state index in [0.29, 0.717) is 22.9 Å². The van der Waals surface area contributed by atoms with Gasteiger partial charge in [-0.1, -0.05) is 24.9 Å². The first-order valence-corrected chi connectivity index (χ1v) is 5.78. The molecule has 0 fully saturated rings. The van der Waals surface area contributed by atoms with Gasteiger partial charge in [0, 0.05) is 18.7 Å². The predicted octanol–water partition coefficient (Wildman–Crippen LogP) is 2.66. The zero-order valence-electron chi connectivity index (χ0n) is 9.09. The first kappa shape index (κ1) is 11.2. The molecule has 16 heavy (non-hydrogen) atoms. The van der Waals surface area contributed by atoms with E-state index in [-0.39, 0.29) is 11.9 Å². The van der Waals surface area contributed by atoms with Crippen LogP contribution in [0.25, 0.3) is 0 Å². The highest BCUT2D eigenvalue weighted by Crippen LogP contribution is 2.27. The molecule has 1 aliphatic rings. The lowest BCUT2D eigenvalue weighted by Gasteiger charge is -2.14. The molecular formula is C11H14ClN3O. The predicted molar refractivity (Wildman–Crippen MR) is 64.8 cm³/mol. The summed E-state index contributed by atoms with van der Waals surface area (Å²) in [5.41, 5.74) is 0.663. The van der Waals surface area contributed by atoms with E-state index in [0.717, 1.165) is 12.8 Å². The number of fused-ring (bicyclic) bond motifs is 1. The molecule has 0 radical (unpaired) electrons. The Labute approximate surface area is 99.4 Å². The van der Waals surface area contributed by atoms with Crippen LogP contribution in [0.4, 0.5) is 11.5 Å². The minimum Gasteiger partial charge on any atom is -0.365 e. The van der Waals surface area contributed by atoms with Gasteiger partial charge in [-0.05, 0) is 12.5 Å². The lowest BCUT2D eigenvalue weighted by atomic mass is 10.1. The van der Waals surface area contributed by atoms with Crippen molar-refractivity contribution in [1.29, 1.82) is 0 Å². The molecule has 2 heterocycles. The van der Waals surface area contributed by atoms with Crippen molar-refractivity contribution in [3.05, 3.63) is 17.3 Å². The second-order valence-electron chi connectivity index (χ2n) is 3.93. The summed E-state index contributed by atoms with van der Waals surface area (Å²) < 4.78 is 0. The number of carbonyl (C=O) groups is 1. The highest BCUT2D eigenvalue weighted by atomic mass is 35.5. The maximum absolute atomic E-state index is 11.6. The molecule has 0 aromatic carbocycles. The van der Waals surface area contributed by atoms with Gasteiger partial charge in [0.2, 0.25) is 5.91 Å². The molecule has 4 nitrogen and oxygen atoms in total. The van der Waals surface area contributed by atoms with Gasteiger partial charge in [-0.3, -0.25) is 4.79 Å². The first-order valence-electron chi connectivity index (χ1n) is 5.41. The van der Waals surface area contributed by atoms with Gasteiger partial charge >= 0.3 is 0 Å². The first-order chi connectivity index (χ1) is 7.69. The van der Waals surface area contributed by atoms with Crippen LogP contribution in [0.15, 0.2) is 12.3 Å². The van der Waals surface area contributed by atoms with Crippen LogP contribution < -0.4 is 10.6 Å². The number of nitrogens with zero attached hydrogens (tertiary/aromatic N) is 1. The third kappa shape index (κ3) is 2.44. The molecule has 0 spiro atoms. The zero-order valence-corrected chi connectivity index (χ0v) is 9.84. The Morgan fingerprint density at radius 2 is 2.44 bits per heavy atom. The standard InChI is InChI=1S/C11H14ClN3O/c1-2-3-8-5-10(16)15-9-4-7(12)6-13-11(9)14-8/h4,6,8H,2-3,5H2,1H3,(H,13,14)(H,15,16). The Bertz CT molecular complexity index is 408. The Balaban J connectivity index is 2.28. The molecule has 2 N–H and O–H groups in total. The van der Waals surface area contributed by atoms with Crippen molar-refractivity contribution in [3.8, 4) is 0 Å². The average Bonchev–Trinajstić information content (AvgIpc) is 2.36. The zero-order chi connectivity index (χ0) is 11.5. The highest BCUT2D eigenvalue weighted by Gasteiger charge is 2.20. The molecule has 1 amide bonds. The largest absolute Gasteiger partial charge is 0.365 e. The number of hydrogen-bond donors (Lipinski definition) is 2. The van der Waals surface area contributed by atoms with Crippen molar-refractivity contribution in [2.24, 2.45) is 0 Å². The van der Waals surface area contributed by atoms with Gasteiger partial charge in [0.05, 0.1) is 10.7 Å². The number of anilines is 2. The second kappa shape index (κ2) is 4.70. The van der Waals surface area contributed by atoms with E-state index in [2.05, 4.69) is 22.5 Å². The van der Waals surface area contributed by atoms with Gasteiger partial charge in [0.15, 0.2) is 0 Å². The van der Waals surface area contributed by atoms with Crippen LogP contribution in [0.3, 0.4) is 0 Å². The van der Waals surface area contributed by atoms with Crippen LogP contribution >= 0.6 is 11.6 Å². The van der Waals surface area contributed by atoms with Crippen molar-refractivity contribution in [2.75, 3.05) is 10.6 Å². The van der Waals surface area contributed by atoms with Gasteiger partial charge < -0.3 is 10.6 Å². The summed E-state index contributed by atoms with van der Waals surface area (Å²) in [5.74, 6) is 0.711. The van der Waals surface area contributed by atoms with Crippen LogP contribution in [-0.2, 0) is 4.79 Å². The summed E-state index contributed by atoms with van der Waals surface area (Å²) in [6, 6.07) is 1.86. The van der Waals surface area contributed by atoms with Crippen molar-refractivity contribution < 1.29 is 4.79 Å². The third-order valence-corrected chi connectivity index (χ3v) is 2.74. The highest BCUT2D eigenvalue weighted by molar-refractivity contribution is 6.30. The summed E-state index contributed by atoms with van der Waals surface area (Å²) >= 11 is 5.83. The van der Waals surface area contributed by atoms with E-state index in [9.17, 15) is 4.79 Å². The third-order valence-electron chi connectivity index (χ3n) is 2.54. The topological polar surface area (TPSA) is 54.0 Å². The Morgan fingerprint density at radius 3 is 3.19 bits per heavy atom. The normalized spacial score (nSPS) is 19.4. The lowest BCUT2D eigenvalue weighted by Crippen LogP contribution is -2.22. The van der Waals surface area contributed by atoms with E-state index in [1.54, 1.807) is 12.3 Å². The molecule has 1 aromatic rings. The minimum atomic E-state index is 0.00812. The van der Waals surface area contributed by atoms with Crippen LogP contribution in [0.5, 0.6) is 0 Å². The number of hydrogen-bond acceptors (Lipinski definition) is 3. The van der Waals surface area contributed by atoms with Crippen LogP contribution in [0, 0.1) is 0 Å². The van der Waals surface area contributed by atoms with E-state index in [1.807, 2.05) is 0 Å².